The Morgan fingerprint density at radius 2 is 1.43 bits per heavy atom. The molecule has 2 nitrogen and oxygen atoms in total. The fourth-order valence-corrected chi connectivity index (χ4v) is 3.24. The van der Waals surface area contributed by atoms with Gasteiger partial charge in [-0.25, -0.2) is 0 Å². The molecule has 0 atom stereocenters. The average Bonchev–Trinajstić information content (AvgIpc) is 2.19. The van der Waals surface area contributed by atoms with Crippen LogP contribution in [0.5, 0.6) is 0 Å². The van der Waals surface area contributed by atoms with Crippen molar-refractivity contribution in [2.24, 2.45) is 0 Å². The van der Waals surface area contributed by atoms with Crippen molar-refractivity contribution < 1.29 is 10.6 Å². The zero-order chi connectivity index (χ0) is 9.86. The van der Waals surface area contributed by atoms with E-state index < -0.39 is 0 Å². The average molecular weight is 198 g/mol. The first-order valence-electron chi connectivity index (χ1n) is 6.47. The fraction of sp³-hybridized carbons (Fsp3) is 1.00. The highest BCUT2D eigenvalue weighted by Crippen LogP contribution is 2.23. The van der Waals surface area contributed by atoms with Crippen LogP contribution in [0.1, 0.15) is 51.4 Å². The molecule has 0 bridgehead atoms. The van der Waals surface area contributed by atoms with Crippen molar-refractivity contribution in [1.82, 2.24) is 0 Å². The Balaban J connectivity index is 1.81. The molecule has 14 heavy (non-hydrogen) atoms. The highest BCUT2D eigenvalue weighted by atomic mass is 15.1. The first kappa shape index (κ1) is 10.4. The van der Waals surface area contributed by atoms with Gasteiger partial charge in [-0.05, 0) is 32.1 Å². The summed E-state index contributed by atoms with van der Waals surface area (Å²) in [5, 5.41) is 0. The first-order chi connectivity index (χ1) is 6.79. The van der Waals surface area contributed by atoms with Gasteiger partial charge in [-0.1, -0.05) is 6.42 Å². The van der Waals surface area contributed by atoms with E-state index in [1.165, 1.54) is 71.0 Å². The van der Waals surface area contributed by atoms with Crippen molar-refractivity contribution >= 4 is 0 Å². The van der Waals surface area contributed by atoms with Crippen LogP contribution in [-0.2, 0) is 0 Å². The van der Waals surface area contributed by atoms with Gasteiger partial charge in [-0.15, -0.1) is 0 Å². The largest absolute Gasteiger partial charge is 0.348 e. The lowest BCUT2D eigenvalue weighted by Gasteiger charge is -2.34. The summed E-state index contributed by atoms with van der Waals surface area (Å²) in [5.74, 6) is 0. The molecule has 2 fully saturated rings. The van der Waals surface area contributed by atoms with Gasteiger partial charge in [0.1, 0.15) is 12.1 Å². The van der Waals surface area contributed by atoms with Gasteiger partial charge in [-0.2, -0.15) is 0 Å². The van der Waals surface area contributed by atoms with Crippen LogP contribution in [-0.4, -0.2) is 25.2 Å². The highest BCUT2D eigenvalue weighted by Gasteiger charge is 2.36. The van der Waals surface area contributed by atoms with Gasteiger partial charge in [0.25, 0.3) is 0 Å². The molecule has 2 rings (SSSR count). The van der Waals surface area contributed by atoms with Gasteiger partial charge in [0.2, 0.25) is 0 Å². The van der Waals surface area contributed by atoms with Crippen LogP contribution in [0, 0.1) is 0 Å². The Labute approximate surface area is 87.8 Å². The molecule has 0 amide bonds. The molecule has 0 unspecified atom stereocenters. The zero-order valence-electron chi connectivity index (χ0n) is 9.49. The maximum Gasteiger partial charge on any atom is 0.144 e. The quantitative estimate of drug-likeness (QED) is 0.626. The molecular formula is C12H26N2+2. The van der Waals surface area contributed by atoms with Crippen molar-refractivity contribution in [3.05, 3.63) is 0 Å². The molecule has 1 saturated heterocycles. The Bertz CT molecular complexity index is 167. The number of quaternary nitrogens is 2. The molecular weight excluding hydrogens is 172 g/mol. The van der Waals surface area contributed by atoms with Gasteiger partial charge in [0.15, 0.2) is 0 Å². The molecule has 0 aromatic carbocycles. The fourth-order valence-electron chi connectivity index (χ4n) is 3.24. The van der Waals surface area contributed by atoms with E-state index in [0.717, 1.165) is 0 Å². The minimum atomic E-state index is 0.449. The van der Waals surface area contributed by atoms with Gasteiger partial charge in [0, 0.05) is 12.8 Å². The summed E-state index contributed by atoms with van der Waals surface area (Å²) in [6.45, 7) is 4.18. The smallest absolute Gasteiger partial charge is 0.144 e. The van der Waals surface area contributed by atoms with E-state index >= 15 is 0 Å². The van der Waals surface area contributed by atoms with Crippen molar-refractivity contribution in [3.8, 4) is 0 Å². The third-order valence-corrected chi connectivity index (χ3v) is 4.10. The monoisotopic (exact) mass is 198 g/mol. The number of likely N-dealkylation sites (tertiary alicyclic amines) is 1. The minimum Gasteiger partial charge on any atom is -0.348 e. The second-order valence-electron chi connectivity index (χ2n) is 5.55. The molecule has 0 aromatic rings. The molecule has 82 valence electrons. The van der Waals surface area contributed by atoms with E-state index in [4.69, 9.17) is 0 Å². The van der Waals surface area contributed by atoms with E-state index in [1.807, 2.05) is 4.90 Å². The van der Waals surface area contributed by atoms with E-state index in [0.29, 0.717) is 5.54 Å². The summed E-state index contributed by atoms with van der Waals surface area (Å²) in [6.07, 6.45) is 11.4. The molecule has 2 heteroatoms. The molecule has 0 aromatic heterocycles. The van der Waals surface area contributed by atoms with E-state index in [2.05, 4.69) is 5.73 Å². The lowest BCUT2D eigenvalue weighted by molar-refractivity contribution is -0.919. The van der Waals surface area contributed by atoms with Crippen molar-refractivity contribution in [2.75, 3.05) is 19.6 Å². The second kappa shape index (κ2) is 4.63. The van der Waals surface area contributed by atoms with Gasteiger partial charge in [-0.3, -0.25) is 0 Å². The van der Waals surface area contributed by atoms with Crippen LogP contribution >= 0.6 is 0 Å². The van der Waals surface area contributed by atoms with Gasteiger partial charge in [0.05, 0.1) is 13.1 Å². The summed E-state index contributed by atoms with van der Waals surface area (Å²) < 4.78 is 0. The predicted molar refractivity (Wildman–Crippen MR) is 58.1 cm³/mol. The first-order valence-corrected chi connectivity index (χ1v) is 6.47. The minimum absolute atomic E-state index is 0.449. The van der Waals surface area contributed by atoms with Crippen LogP contribution in [0.4, 0.5) is 0 Å². The Morgan fingerprint density at radius 1 is 0.857 bits per heavy atom. The SMILES string of the molecule is [NH3+]C1(C[NH+]2CCCCC2)CCCCC1. The lowest BCUT2D eigenvalue weighted by Crippen LogP contribution is -3.16. The number of nitrogens with one attached hydrogen (secondary N) is 1. The number of hydrogen-bond donors (Lipinski definition) is 2. The van der Waals surface area contributed by atoms with Crippen molar-refractivity contribution in [3.63, 3.8) is 0 Å². The zero-order valence-corrected chi connectivity index (χ0v) is 9.49. The van der Waals surface area contributed by atoms with Gasteiger partial charge < -0.3 is 10.6 Å². The third kappa shape index (κ3) is 2.71. The molecule has 1 saturated carbocycles. The normalized spacial score (nSPS) is 28.9. The van der Waals surface area contributed by atoms with Crippen molar-refractivity contribution in [1.29, 1.82) is 0 Å². The standard InChI is InChI=1S/C12H24N2/c13-12(7-3-1-4-8-12)11-14-9-5-2-6-10-14/h1-11,13H2/p+2. The van der Waals surface area contributed by atoms with Crippen LogP contribution in [0.2, 0.25) is 0 Å². The van der Waals surface area contributed by atoms with Crippen LogP contribution in [0.3, 0.4) is 0 Å². The second-order valence-corrected chi connectivity index (χ2v) is 5.55. The molecule has 1 heterocycles. The number of rotatable bonds is 2. The summed E-state index contributed by atoms with van der Waals surface area (Å²) in [7, 11) is 0. The van der Waals surface area contributed by atoms with Crippen LogP contribution in [0.25, 0.3) is 0 Å². The van der Waals surface area contributed by atoms with Crippen LogP contribution in [0.15, 0.2) is 0 Å². The summed E-state index contributed by atoms with van der Waals surface area (Å²) >= 11 is 0. The van der Waals surface area contributed by atoms with Crippen LogP contribution < -0.4 is 10.6 Å². The molecule has 4 N–H and O–H groups in total. The summed E-state index contributed by atoms with van der Waals surface area (Å²) in [6, 6.07) is 0. The third-order valence-electron chi connectivity index (χ3n) is 4.10. The number of piperidine rings is 1. The molecule has 1 aliphatic heterocycles. The summed E-state index contributed by atoms with van der Waals surface area (Å²) in [5.41, 5.74) is 4.95. The maximum atomic E-state index is 4.50. The Morgan fingerprint density at radius 3 is 2.07 bits per heavy atom. The maximum absolute atomic E-state index is 4.50. The highest BCUT2D eigenvalue weighted by molar-refractivity contribution is 4.79. The van der Waals surface area contributed by atoms with E-state index in [9.17, 15) is 0 Å². The Kier molecular flexibility index (Phi) is 3.45. The van der Waals surface area contributed by atoms with Crippen molar-refractivity contribution in [2.45, 2.75) is 56.9 Å². The molecule has 2 aliphatic rings. The topological polar surface area (TPSA) is 32.1 Å². The van der Waals surface area contributed by atoms with E-state index in [-0.39, 0.29) is 0 Å². The molecule has 0 spiro atoms. The van der Waals surface area contributed by atoms with E-state index in [1.54, 1.807) is 0 Å². The molecule has 1 aliphatic carbocycles. The molecule has 0 radical (unpaired) electrons. The summed E-state index contributed by atoms with van der Waals surface area (Å²) in [4.78, 5) is 1.84. The number of hydrogen-bond acceptors (Lipinski definition) is 0. The predicted octanol–water partition coefficient (Wildman–Crippen LogP) is -0.000000000000000222. The lowest BCUT2D eigenvalue weighted by atomic mass is 9.82. The van der Waals surface area contributed by atoms with Gasteiger partial charge >= 0.3 is 0 Å². The Hall–Kier alpha value is -0.0800.